The van der Waals surface area contributed by atoms with Crippen LogP contribution in [0, 0.1) is 11.8 Å². The minimum absolute atomic E-state index is 0.0255. The molecule has 5 aromatic rings. The second-order valence-corrected chi connectivity index (χ2v) is 8.77. The molecule has 0 radical (unpaired) electrons. The Morgan fingerprint density at radius 2 is 1.35 bits per heavy atom. The number of aromatic nitrogens is 1. The summed E-state index contributed by atoms with van der Waals surface area (Å²) in [5.41, 5.74) is 7.62. The monoisotopic (exact) mass is 438 g/mol. The van der Waals surface area contributed by atoms with Gasteiger partial charge in [0.15, 0.2) is 0 Å². The Kier molecular flexibility index (Phi) is 5.38. The molecule has 0 bridgehead atoms. The molecule has 0 aliphatic carbocycles. The lowest BCUT2D eigenvalue weighted by atomic mass is 9.96. The average molecular weight is 439 g/mol. The van der Waals surface area contributed by atoms with Crippen LogP contribution in [0.15, 0.2) is 115 Å². The summed E-state index contributed by atoms with van der Waals surface area (Å²) in [6.45, 7) is 1.79. The highest BCUT2D eigenvalue weighted by molar-refractivity contribution is 5.87. The zero-order valence-corrected chi connectivity index (χ0v) is 19.1. The van der Waals surface area contributed by atoms with Gasteiger partial charge in [-0.25, -0.2) is 0 Å². The molecule has 0 N–H and O–H groups in total. The Balaban J connectivity index is 1.56. The van der Waals surface area contributed by atoms with Gasteiger partial charge in [0.05, 0.1) is 5.69 Å². The Morgan fingerprint density at radius 3 is 2.12 bits per heavy atom. The molecule has 34 heavy (non-hydrogen) atoms. The minimum atomic E-state index is -0.0255. The number of hydrogen-bond acceptors (Lipinski definition) is 1. The Labute approximate surface area is 201 Å². The molecule has 1 aliphatic rings. The first-order valence-corrected chi connectivity index (χ1v) is 11.9. The summed E-state index contributed by atoms with van der Waals surface area (Å²) in [4.78, 5) is 2.47. The topological polar surface area (TPSA) is 8.17 Å². The number of benzene rings is 4. The fourth-order valence-electron chi connectivity index (χ4n) is 5.13. The molecule has 1 aliphatic heterocycles. The van der Waals surface area contributed by atoms with Crippen LogP contribution in [-0.4, -0.2) is 11.1 Å². The standard InChI is InChI=1S/C32H26N2/c1-4-12-25(13-5-1)20-21-31-32-29(22-23-33(31)27-16-8-3-9-17-27)28-18-10-11-19-30(28)34(32)24-26-14-6-2-7-15-26/h1-19,31H,22-24H2. The fraction of sp³-hybridized carbons (Fsp3) is 0.125. The van der Waals surface area contributed by atoms with Crippen molar-refractivity contribution in [1.82, 2.24) is 4.57 Å². The zero-order valence-electron chi connectivity index (χ0n) is 19.1. The van der Waals surface area contributed by atoms with Gasteiger partial charge in [-0.2, -0.15) is 0 Å². The van der Waals surface area contributed by atoms with Crippen molar-refractivity contribution in [2.24, 2.45) is 0 Å². The summed E-state index contributed by atoms with van der Waals surface area (Å²) in [5, 5.41) is 1.35. The predicted octanol–water partition coefficient (Wildman–Crippen LogP) is 6.85. The van der Waals surface area contributed by atoms with E-state index in [0.717, 1.165) is 25.1 Å². The minimum Gasteiger partial charge on any atom is -0.352 e. The fourth-order valence-corrected chi connectivity index (χ4v) is 5.13. The molecule has 6 rings (SSSR count). The van der Waals surface area contributed by atoms with Crippen molar-refractivity contribution in [1.29, 1.82) is 0 Å². The molecule has 2 heterocycles. The Hall–Kier alpha value is -4.22. The van der Waals surface area contributed by atoms with Gasteiger partial charge in [0.1, 0.15) is 6.04 Å². The SMILES string of the molecule is C(#CC1c2c(c3ccccc3n2Cc2ccccc2)CCN1c1ccccc1)c1ccccc1. The highest BCUT2D eigenvalue weighted by atomic mass is 15.2. The molecule has 0 saturated carbocycles. The van der Waals surface area contributed by atoms with E-state index in [4.69, 9.17) is 0 Å². The molecule has 0 saturated heterocycles. The molecule has 1 atom stereocenters. The van der Waals surface area contributed by atoms with Crippen LogP contribution in [-0.2, 0) is 13.0 Å². The van der Waals surface area contributed by atoms with Gasteiger partial charge in [0.25, 0.3) is 0 Å². The van der Waals surface area contributed by atoms with E-state index >= 15 is 0 Å². The number of rotatable bonds is 3. The first-order valence-electron chi connectivity index (χ1n) is 11.9. The normalized spacial score (nSPS) is 14.9. The van der Waals surface area contributed by atoms with Crippen molar-refractivity contribution >= 4 is 16.6 Å². The molecular weight excluding hydrogens is 412 g/mol. The summed E-state index contributed by atoms with van der Waals surface area (Å²) in [6, 6.07) is 40.6. The van der Waals surface area contributed by atoms with Gasteiger partial charge >= 0.3 is 0 Å². The van der Waals surface area contributed by atoms with Crippen molar-refractivity contribution < 1.29 is 0 Å². The number of para-hydroxylation sites is 2. The van der Waals surface area contributed by atoms with Gasteiger partial charge in [-0.05, 0) is 47.9 Å². The van der Waals surface area contributed by atoms with Crippen LogP contribution in [0.25, 0.3) is 10.9 Å². The third kappa shape index (κ3) is 3.76. The number of nitrogens with zero attached hydrogens (tertiary/aromatic N) is 2. The Morgan fingerprint density at radius 1 is 0.706 bits per heavy atom. The third-order valence-corrected chi connectivity index (χ3v) is 6.69. The van der Waals surface area contributed by atoms with Crippen molar-refractivity contribution in [3.63, 3.8) is 0 Å². The van der Waals surface area contributed by atoms with E-state index in [1.54, 1.807) is 0 Å². The third-order valence-electron chi connectivity index (χ3n) is 6.69. The van der Waals surface area contributed by atoms with E-state index in [2.05, 4.69) is 131 Å². The molecule has 4 aromatic carbocycles. The zero-order chi connectivity index (χ0) is 22.7. The maximum absolute atomic E-state index is 3.68. The van der Waals surface area contributed by atoms with Gasteiger partial charge in [-0.15, -0.1) is 0 Å². The van der Waals surface area contributed by atoms with E-state index in [0.29, 0.717) is 0 Å². The molecule has 2 heteroatoms. The second kappa shape index (κ2) is 8.96. The van der Waals surface area contributed by atoms with Crippen molar-refractivity contribution in [3.8, 4) is 11.8 Å². The highest BCUT2D eigenvalue weighted by Crippen LogP contribution is 2.39. The molecule has 1 unspecified atom stereocenters. The molecule has 164 valence electrons. The average Bonchev–Trinajstić information content (AvgIpc) is 3.23. The van der Waals surface area contributed by atoms with E-state index in [1.165, 1.54) is 33.4 Å². The van der Waals surface area contributed by atoms with Crippen LogP contribution in [0.3, 0.4) is 0 Å². The first-order chi connectivity index (χ1) is 16.9. The number of anilines is 1. The van der Waals surface area contributed by atoms with E-state index in [1.807, 2.05) is 6.07 Å². The highest BCUT2D eigenvalue weighted by Gasteiger charge is 2.32. The molecular formula is C32H26N2. The maximum Gasteiger partial charge on any atom is 0.132 e. The van der Waals surface area contributed by atoms with Crippen LogP contribution < -0.4 is 4.90 Å². The maximum atomic E-state index is 3.68. The Bertz CT molecular complexity index is 1470. The molecule has 2 nitrogen and oxygen atoms in total. The number of fused-ring (bicyclic) bond motifs is 3. The lowest BCUT2D eigenvalue weighted by Gasteiger charge is -2.36. The number of hydrogen-bond donors (Lipinski definition) is 0. The summed E-state index contributed by atoms with van der Waals surface area (Å²) < 4.78 is 2.50. The predicted molar refractivity (Wildman–Crippen MR) is 141 cm³/mol. The van der Waals surface area contributed by atoms with Gasteiger partial charge < -0.3 is 9.47 Å². The molecule has 0 fully saturated rings. The van der Waals surface area contributed by atoms with Crippen molar-refractivity contribution in [2.45, 2.75) is 19.0 Å². The van der Waals surface area contributed by atoms with Gasteiger partial charge in [0.2, 0.25) is 0 Å². The molecule has 0 amide bonds. The van der Waals surface area contributed by atoms with Crippen LogP contribution in [0.4, 0.5) is 5.69 Å². The van der Waals surface area contributed by atoms with Crippen molar-refractivity contribution in [2.75, 3.05) is 11.4 Å². The lowest BCUT2D eigenvalue weighted by Crippen LogP contribution is -2.36. The van der Waals surface area contributed by atoms with Crippen LogP contribution in [0.5, 0.6) is 0 Å². The van der Waals surface area contributed by atoms with E-state index in [9.17, 15) is 0 Å². The summed E-state index contributed by atoms with van der Waals surface area (Å²) >= 11 is 0. The summed E-state index contributed by atoms with van der Waals surface area (Å²) in [5.74, 6) is 7.17. The molecule has 1 aromatic heterocycles. The second-order valence-electron chi connectivity index (χ2n) is 8.77. The quantitative estimate of drug-likeness (QED) is 0.280. The largest absolute Gasteiger partial charge is 0.352 e. The van der Waals surface area contributed by atoms with Crippen LogP contribution in [0.2, 0.25) is 0 Å². The van der Waals surface area contributed by atoms with Gasteiger partial charge in [-0.3, -0.25) is 0 Å². The molecule has 0 spiro atoms. The van der Waals surface area contributed by atoms with E-state index < -0.39 is 0 Å². The van der Waals surface area contributed by atoms with E-state index in [-0.39, 0.29) is 6.04 Å². The summed E-state index contributed by atoms with van der Waals surface area (Å²) in [6.07, 6.45) is 1.01. The summed E-state index contributed by atoms with van der Waals surface area (Å²) in [7, 11) is 0. The smallest absolute Gasteiger partial charge is 0.132 e. The van der Waals surface area contributed by atoms with Crippen LogP contribution in [0.1, 0.15) is 28.4 Å². The van der Waals surface area contributed by atoms with Crippen molar-refractivity contribution in [3.05, 3.63) is 138 Å². The first kappa shape index (κ1) is 20.4. The van der Waals surface area contributed by atoms with Gasteiger partial charge in [-0.1, -0.05) is 96.8 Å². The van der Waals surface area contributed by atoms with Gasteiger partial charge in [0, 0.05) is 35.2 Å². The lowest BCUT2D eigenvalue weighted by molar-refractivity contribution is 0.626. The van der Waals surface area contributed by atoms with Crippen LogP contribution >= 0.6 is 0 Å².